The van der Waals surface area contributed by atoms with E-state index in [0.717, 1.165) is 28.0 Å². The Kier molecular flexibility index (Phi) is 3.86. The Labute approximate surface area is 124 Å². The lowest BCUT2D eigenvalue weighted by molar-refractivity contribution is 0.259. The summed E-state index contributed by atoms with van der Waals surface area (Å²) in [4.78, 5) is 0. The van der Waals surface area contributed by atoms with Crippen molar-refractivity contribution < 1.29 is 4.74 Å². The maximum absolute atomic E-state index is 5.32. The van der Waals surface area contributed by atoms with Crippen molar-refractivity contribution >= 4 is 15.9 Å². The van der Waals surface area contributed by atoms with E-state index >= 15 is 0 Å². The molecule has 4 atom stereocenters. The van der Waals surface area contributed by atoms with Crippen LogP contribution in [0.25, 0.3) is 0 Å². The summed E-state index contributed by atoms with van der Waals surface area (Å²) in [7, 11) is 3.81. The average molecular weight is 324 g/mol. The molecule has 0 aliphatic heterocycles. The maximum Gasteiger partial charge on any atom is 0.133 e. The van der Waals surface area contributed by atoms with Crippen LogP contribution in [0.3, 0.4) is 0 Å². The second-order valence-electron chi connectivity index (χ2n) is 6.00. The molecule has 2 aliphatic rings. The van der Waals surface area contributed by atoms with Crippen LogP contribution >= 0.6 is 15.9 Å². The summed E-state index contributed by atoms with van der Waals surface area (Å²) in [5.41, 5.74) is 1.38. The van der Waals surface area contributed by atoms with E-state index in [1.165, 1.54) is 31.2 Å². The van der Waals surface area contributed by atoms with Gasteiger partial charge in [0.2, 0.25) is 0 Å². The number of halogens is 1. The van der Waals surface area contributed by atoms with Gasteiger partial charge in [-0.15, -0.1) is 0 Å². The second-order valence-corrected chi connectivity index (χ2v) is 6.85. The molecule has 1 aromatic rings. The van der Waals surface area contributed by atoms with Crippen molar-refractivity contribution in [2.45, 2.75) is 31.7 Å². The molecule has 3 heteroatoms. The smallest absolute Gasteiger partial charge is 0.133 e. The van der Waals surface area contributed by atoms with E-state index in [2.05, 4.69) is 46.5 Å². The fraction of sp³-hybridized carbons (Fsp3) is 0.625. The first-order valence-corrected chi connectivity index (χ1v) is 8.03. The number of fused-ring (bicyclic) bond motifs is 2. The van der Waals surface area contributed by atoms with Gasteiger partial charge in [-0.2, -0.15) is 0 Å². The van der Waals surface area contributed by atoms with Gasteiger partial charge in [0.05, 0.1) is 11.6 Å². The van der Waals surface area contributed by atoms with Crippen LogP contribution in [-0.4, -0.2) is 14.2 Å². The van der Waals surface area contributed by atoms with Crippen molar-refractivity contribution in [3.8, 4) is 5.75 Å². The summed E-state index contributed by atoms with van der Waals surface area (Å²) >= 11 is 3.60. The molecule has 2 aliphatic carbocycles. The molecule has 0 spiro atoms. The molecule has 3 rings (SSSR count). The molecule has 4 unspecified atom stereocenters. The molecule has 1 aromatic carbocycles. The van der Waals surface area contributed by atoms with Crippen molar-refractivity contribution in [1.82, 2.24) is 5.32 Å². The zero-order chi connectivity index (χ0) is 13.4. The third kappa shape index (κ3) is 2.43. The van der Waals surface area contributed by atoms with Crippen LogP contribution in [0.4, 0.5) is 0 Å². The number of hydrogen-bond acceptors (Lipinski definition) is 2. The van der Waals surface area contributed by atoms with Crippen LogP contribution in [0, 0.1) is 17.8 Å². The standard InChI is InChI=1S/C16H22BrNO/c1-18-16(13-8-10-3-4-11(13)7-10)12-5-6-15(19-2)14(17)9-12/h5-6,9-11,13,16,18H,3-4,7-8H2,1-2H3. The third-order valence-electron chi connectivity index (χ3n) is 5.07. The minimum atomic E-state index is 0.484. The number of hydrogen-bond donors (Lipinski definition) is 1. The van der Waals surface area contributed by atoms with Gasteiger partial charge < -0.3 is 10.1 Å². The van der Waals surface area contributed by atoms with E-state index in [4.69, 9.17) is 4.74 Å². The highest BCUT2D eigenvalue weighted by Gasteiger charge is 2.43. The van der Waals surface area contributed by atoms with Gasteiger partial charge >= 0.3 is 0 Å². The zero-order valence-corrected chi connectivity index (χ0v) is 13.2. The monoisotopic (exact) mass is 323 g/mol. The Morgan fingerprint density at radius 2 is 2.16 bits per heavy atom. The molecule has 2 nitrogen and oxygen atoms in total. The van der Waals surface area contributed by atoms with Gasteiger partial charge in [0.25, 0.3) is 0 Å². The third-order valence-corrected chi connectivity index (χ3v) is 5.69. The quantitative estimate of drug-likeness (QED) is 0.898. The van der Waals surface area contributed by atoms with Crippen molar-refractivity contribution in [1.29, 1.82) is 0 Å². The average Bonchev–Trinajstić information content (AvgIpc) is 3.02. The van der Waals surface area contributed by atoms with Crippen LogP contribution < -0.4 is 10.1 Å². The van der Waals surface area contributed by atoms with Crippen LogP contribution in [0.5, 0.6) is 5.75 Å². The first-order valence-electron chi connectivity index (χ1n) is 7.23. The van der Waals surface area contributed by atoms with Gasteiger partial charge in [-0.1, -0.05) is 12.5 Å². The molecular formula is C16H22BrNO. The highest BCUT2D eigenvalue weighted by molar-refractivity contribution is 9.10. The number of rotatable bonds is 4. The molecule has 2 fully saturated rings. The Morgan fingerprint density at radius 3 is 2.68 bits per heavy atom. The fourth-order valence-corrected chi connectivity index (χ4v) is 4.76. The molecule has 0 aromatic heterocycles. The Bertz CT molecular complexity index is 462. The maximum atomic E-state index is 5.32. The van der Waals surface area contributed by atoms with Crippen molar-refractivity contribution in [3.05, 3.63) is 28.2 Å². The lowest BCUT2D eigenvalue weighted by Crippen LogP contribution is -2.28. The first kappa shape index (κ1) is 13.4. The summed E-state index contributed by atoms with van der Waals surface area (Å²) in [5, 5.41) is 3.55. The highest BCUT2D eigenvalue weighted by atomic mass is 79.9. The molecule has 19 heavy (non-hydrogen) atoms. The van der Waals surface area contributed by atoms with Gasteiger partial charge in [-0.3, -0.25) is 0 Å². The normalized spacial score (nSPS) is 30.6. The summed E-state index contributed by atoms with van der Waals surface area (Å²) in [6, 6.07) is 6.97. The molecule has 0 heterocycles. The predicted molar refractivity (Wildman–Crippen MR) is 81.4 cm³/mol. The van der Waals surface area contributed by atoms with Crippen molar-refractivity contribution in [3.63, 3.8) is 0 Å². The van der Waals surface area contributed by atoms with E-state index in [0.29, 0.717) is 6.04 Å². The molecule has 104 valence electrons. The number of methoxy groups -OCH3 is 1. The summed E-state index contributed by atoms with van der Waals surface area (Å²) in [6.45, 7) is 0. The fourth-order valence-electron chi connectivity index (χ4n) is 4.21. The van der Waals surface area contributed by atoms with Gasteiger partial charge in [-0.05, 0) is 77.7 Å². The lowest BCUT2D eigenvalue weighted by atomic mass is 9.80. The van der Waals surface area contributed by atoms with Gasteiger partial charge in [0, 0.05) is 6.04 Å². The van der Waals surface area contributed by atoms with E-state index in [1.807, 2.05) is 0 Å². The molecule has 0 saturated heterocycles. The van der Waals surface area contributed by atoms with Crippen LogP contribution in [0.1, 0.15) is 37.3 Å². The highest BCUT2D eigenvalue weighted by Crippen LogP contribution is 2.52. The SMILES string of the molecule is CNC(c1ccc(OC)c(Br)c1)C1CC2CCC1C2. The number of benzene rings is 1. The minimum Gasteiger partial charge on any atom is -0.496 e. The lowest BCUT2D eigenvalue weighted by Gasteiger charge is -2.31. The minimum absolute atomic E-state index is 0.484. The molecule has 2 saturated carbocycles. The zero-order valence-electron chi connectivity index (χ0n) is 11.7. The molecular weight excluding hydrogens is 302 g/mol. The summed E-state index contributed by atoms with van der Waals surface area (Å²) in [6.07, 6.45) is 5.76. The van der Waals surface area contributed by atoms with Gasteiger partial charge in [-0.25, -0.2) is 0 Å². The van der Waals surface area contributed by atoms with Gasteiger partial charge in [0.1, 0.15) is 5.75 Å². The van der Waals surface area contributed by atoms with Crippen molar-refractivity contribution in [2.24, 2.45) is 17.8 Å². The Balaban J connectivity index is 1.84. The predicted octanol–water partition coefficient (Wildman–Crippen LogP) is 4.15. The van der Waals surface area contributed by atoms with Crippen LogP contribution in [0.2, 0.25) is 0 Å². The van der Waals surface area contributed by atoms with Crippen LogP contribution in [0.15, 0.2) is 22.7 Å². The molecule has 0 amide bonds. The molecule has 0 radical (unpaired) electrons. The summed E-state index contributed by atoms with van der Waals surface area (Å²) < 4.78 is 6.37. The first-order chi connectivity index (χ1) is 9.22. The Morgan fingerprint density at radius 1 is 1.32 bits per heavy atom. The number of ether oxygens (including phenoxy) is 1. The largest absolute Gasteiger partial charge is 0.496 e. The van der Waals surface area contributed by atoms with E-state index in [1.54, 1.807) is 7.11 Å². The van der Waals surface area contributed by atoms with Gasteiger partial charge in [0.15, 0.2) is 0 Å². The Hall–Kier alpha value is -0.540. The summed E-state index contributed by atoms with van der Waals surface area (Å²) in [5.74, 6) is 3.64. The molecule has 2 bridgehead atoms. The number of nitrogens with one attached hydrogen (secondary N) is 1. The van der Waals surface area contributed by atoms with E-state index in [9.17, 15) is 0 Å². The van der Waals surface area contributed by atoms with Crippen molar-refractivity contribution in [2.75, 3.05) is 14.2 Å². The van der Waals surface area contributed by atoms with Crippen LogP contribution in [-0.2, 0) is 0 Å². The van der Waals surface area contributed by atoms with E-state index in [-0.39, 0.29) is 0 Å². The van der Waals surface area contributed by atoms with E-state index < -0.39 is 0 Å². The molecule has 1 N–H and O–H groups in total. The second kappa shape index (κ2) is 5.45. The topological polar surface area (TPSA) is 21.3 Å².